The molecule has 0 spiro atoms. The van der Waals surface area contributed by atoms with Crippen LogP contribution in [0.3, 0.4) is 0 Å². The highest BCUT2D eigenvalue weighted by Crippen LogP contribution is 2.18. The summed E-state index contributed by atoms with van der Waals surface area (Å²) >= 11 is 22.0. The van der Waals surface area contributed by atoms with E-state index in [0.717, 1.165) is 0 Å². The van der Waals surface area contributed by atoms with Crippen molar-refractivity contribution in [2.24, 2.45) is 0 Å². The average molecular weight is 341 g/mol. The fraction of sp³-hybridized carbons (Fsp3) is 0.875. The van der Waals surface area contributed by atoms with Crippen LogP contribution in [0.4, 0.5) is 0 Å². The summed E-state index contributed by atoms with van der Waals surface area (Å²) in [5.74, 6) is 0.166. The zero-order chi connectivity index (χ0) is 13.1. The van der Waals surface area contributed by atoms with Crippen molar-refractivity contribution in [3.8, 4) is 0 Å². The minimum atomic E-state index is -3.08. The van der Waals surface area contributed by atoms with E-state index < -0.39 is 21.3 Å². The summed E-state index contributed by atoms with van der Waals surface area (Å²) in [6, 6.07) is -0.418. The number of sulfone groups is 1. The molecule has 1 aliphatic rings. The molecule has 1 saturated heterocycles. The van der Waals surface area contributed by atoms with Crippen LogP contribution >= 0.6 is 47.0 Å². The Hall–Kier alpha value is 0.510. The standard InChI is InChI=1S/C8H12Cl3NO3S2/c9-1-5(10)2-15-8(16)12-7-4-17(13,14)3-6(7)11/h5-7H,1-4H2,(H,12,16)/t5-,6-,7-/m0/s1. The number of hydrogen-bond donors (Lipinski definition) is 1. The Morgan fingerprint density at radius 1 is 1.53 bits per heavy atom. The molecule has 1 rings (SSSR count). The van der Waals surface area contributed by atoms with Gasteiger partial charge in [-0.3, -0.25) is 0 Å². The second-order valence-corrected chi connectivity index (χ2v) is 7.70. The number of thiocarbonyl (C=S) groups is 1. The lowest BCUT2D eigenvalue weighted by Crippen LogP contribution is -2.41. The summed E-state index contributed by atoms with van der Waals surface area (Å²) in [7, 11) is -3.08. The third-order valence-electron chi connectivity index (χ3n) is 2.15. The van der Waals surface area contributed by atoms with Crippen molar-refractivity contribution in [3.05, 3.63) is 0 Å². The molecular formula is C8H12Cl3NO3S2. The summed E-state index contributed by atoms with van der Waals surface area (Å²) in [6.07, 6.45) is 0. The highest BCUT2D eigenvalue weighted by atomic mass is 35.5. The van der Waals surface area contributed by atoms with Crippen LogP contribution in [0.15, 0.2) is 0 Å². The molecule has 0 amide bonds. The van der Waals surface area contributed by atoms with Gasteiger partial charge in [-0.25, -0.2) is 8.42 Å². The maximum Gasteiger partial charge on any atom is 0.256 e. The first kappa shape index (κ1) is 15.6. The molecule has 0 bridgehead atoms. The van der Waals surface area contributed by atoms with Crippen LogP contribution in [0, 0.1) is 0 Å². The number of alkyl halides is 3. The lowest BCUT2D eigenvalue weighted by molar-refractivity contribution is 0.298. The van der Waals surface area contributed by atoms with Gasteiger partial charge >= 0.3 is 0 Å². The van der Waals surface area contributed by atoms with Gasteiger partial charge in [-0.2, -0.15) is 0 Å². The number of nitrogens with one attached hydrogen (secondary N) is 1. The van der Waals surface area contributed by atoms with Crippen LogP contribution in [0.2, 0.25) is 0 Å². The first-order valence-electron chi connectivity index (χ1n) is 4.82. The zero-order valence-electron chi connectivity index (χ0n) is 8.74. The highest BCUT2D eigenvalue weighted by molar-refractivity contribution is 7.91. The van der Waals surface area contributed by atoms with Crippen molar-refractivity contribution < 1.29 is 13.2 Å². The quantitative estimate of drug-likeness (QED) is 0.614. The van der Waals surface area contributed by atoms with Gasteiger partial charge in [0.15, 0.2) is 9.84 Å². The second-order valence-electron chi connectivity index (χ2n) is 3.69. The van der Waals surface area contributed by atoms with E-state index in [1.165, 1.54) is 0 Å². The topological polar surface area (TPSA) is 55.4 Å². The molecule has 0 aromatic carbocycles. The molecule has 3 atom stereocenters. The van der Waals surface area contributed by atoms with Crippen LogP contribution in [0.5, 0.6) is 0 Å². The van der Waals surface area contributed by atoms with Crippen LogP contribution in [-0.4, -0.2) is 54.4 Å². The Balaban J connectivity index is 2.37. The largest absolute Gasteiger partial charge is 0.469 e. The van der Waals surface area contributed by atoms with E-state index in [1.807, 2.05) is 0 Å². The maximum absolute atomic E-state index is 11.3. The SMILES string of the molecule is O=S1(=O)C[C@H](NC(=S)OC[C@@H](Cl)CCl)[C@@H](Cl)C1. The maximum atomic E-state index is 11.3. The molecule has 17 heavy (non-hydrogen) atoms. The summed E-state index contributed by atoms with van der Waals surface area (Å²) in [5, 5.41) is 2.02. The monoisotopic (exact) mass is 339 g/mol. The third kappa shape index (κ3) is 5.34. The number of rotatable bonds is 4. The van der Waals surface area contributed by atoms with Crippen molar-refractivity contribution in [1.82, 2.24) is 5.32 Å². The lowest BCUT2D eigenvalue weighted by atomic mass is 10.3. The Bertz CT molecular complexity index is 376. The predicted octanol–water partition coefficient (Wildman–Crippen LogP) is 1.13. The van der Waals surface area contributed by atoms with E-state index in [4.69, 9.17) is 51.8 Å². The molecule has 0 unspecified atom stereocenters. The van der Waals surface area contributed by atoms with Gasteiger partial charge in [0.1, 0.15) is 6.61 Å². The molecular weight excluding hydrogens is 329 g/mol. The smallest absolute Gasteiger partial charge is 0.256 e. The number of halogens is 3. The molecule has 0 aromatic heterocycles. The van der Waals surface area contributed by atoms with Crippen molar-refractivity contribution in [3.63, 3.8) is 0 Å². The molecule has 100 valence electrons. The Kier molecular flexibility index (Phi) is 6.05. The van der Waals surface area contributed by atoms with Crippen molar-refractivity contribution in [2.75, 3.05) is 24.0 Å². The van der Waals surface area contributed by atoms with Crippen molar-refractivity contribution in [2.45, 2.75) is 16.8 Å². The fourth-order valence-corrected chi connectivity index (χ4v) is 4.26. The molecule has 1 fully saturated rings. The van der Waals surface area contributed by atoms with Gasteiger partial charge in [-0.05, 0) is 12.2 Å². The van der Waals surface area contributed by atoms with Gasteiger partial charge in [0, 0.05) is 5.88 Å². The average Bonchev–Trinajstić information content (AvgIpc) is 2.48. The normalized spacial score (nSPS) is 28.6. The van der Waals surface area contributed by atoms with Crippen molar-refractivity contribution in [1.29, 1.82) is 0 Å². The molecule has 0 saturated carbocycles. The third-order valence-corrected chi connectivity index (χ3v) is 5.57. The van der Waals surface area contributed by atoms with E-state index in [2.05, 4.69) is 5.32 Å². The van der Waals surface area contributed by atoms with Gasteiger partial charge in [0.2, 0.25) is 0 Å². The Labute approximate surface area is 121 Å². The summed E-state index contributed by atoms with van der Waals surface area (Å²) in [6.45, 7) is 0.170. The summed E-state index contributed by atoms with van der Waals surface area (Å²) < 4.78 is 27.7. The molecule has 0 aliphatic carbocycles. The first-order chi connectivity index (χ1) is 7.84. The van der Waals surface area contributed by atoms with Gasteiger partial charge in [-0.1, -0.05) is 0 Å². The van der Waals surface area contributed by atoms with Crippen LogP contribution in [0.1, 0.15) is 0 Å². The van der Waals surface area contributed by atoms with E-state index in [0.29, 0.717) is 0 Å². The molecule has 1 N–H and O–H groups in total. The second kappa shape index (κ2) is 6.61. The minimum Gasteiger partial charge on any atom is -0.469 e. The van der Waals surface area contributed by atoms with Gasteiger partial charge in [0.25, 0.3) is 5.17 Å². The Morgan fingerprint density at radius 3 is 2.65 bits per heavy atom. The zero-order valence-corrected chi connectivity index (χ0v) is 12.6. The fourth-order valence-electron chi connectivity index (χ4n) is 1.34. The van der Waals surface area contributed by atoms with E-state index in [9.17, 15) is 8.42 Å². The first-order valence-corrected chi connectivity index (χ1v) is 8.45. The lowest BCUT2D eigenvalue weighted by Gasteiger charge is -2.17. The summed E-state index contributed by atoms with van der Waals surface area (Å²) in [4.78, 5) is 0. The van der Waals surface area contributed by atoms with Crippen LogP contribution in [-0.2, 0) is 14.6 Å². The molecule has 1 aliphatic heterocycles. The molecule has 0 aromatic rings. The summed E-state index contributed by atoms with van der Waals surface area (Å²) in [5.41, 5.74) is 0. The van der Waals surface area contributed by atoms with Gasteiger partial charge in [-0.15, -0.1) is 34.8 Å². The molecule has 1 heterocycles. The van der Waals surface area contributed by atoms with Crippen LogP contribution in [0.25, 0.3) is 0 Å². The van der Waals surface area contributed by atoms with Crippen molar-refractivity contribution >= 4 is 62.0 Å². The molecule has 0 radical (unpaired) electrons. The van der Waals surface area contributed by atoms with Gasteiger partial charge < -0.3 is 10.1 Å². The van der Waals surface area contributed by atoms with Crippen LogP contribution < -0.4 is 5.32 Å². The number of hydrogen-bond acceptors (Lipinski definition) is 4. The minimum absolute atomic E-state index is 0.0372. The predicted molar refractivity (Wildman–Crippen MR) is 74.1 cm³/mol. The Morgan fingerprint density at radius 2 is 2.18 bits per heavy atom. The molecule has 4 nitrogen and oxygen atoms in total. The van der Waals surface area contributed by atoms with E-state index in [-0.39, 0.29) is 34.5 Å². The number of ether oxygens (including phenoxy) is 1. The molecule has 9 heteroatoms. The van der Waals surface area contributed by atoms with Gasteiger partial charge in [0.05, 0.1) is 28.3 Å². The van der Waals surface area contributed by atoms with E-state index >= 15 is 0 Å². The highest BCUT2D eigenvalue weighted by Gasteiger charge is 2.37. The van der Waals surface area contributed by atoms with E-state index in [1.54, 1.807) is 0 Å².